The summed E-state index contributed by atoms with van der Waals surface area (Å²) in [7, 11) is 0. The standard InChI is InChI=1S/C18H21NO2/c1-2-5-13-10-11-19(12-13)18(21)16-9-8-14-6-3-4-7-15(14)17(16)20/h3-4,6-9,13,20H,2,5,10-12H2,1H3. The Bertz CT molecular complexity index is 665. The molecule has 0 spiro atoms. The molecule has 2 aromatic carbocycles. The average Bonchev–Trinajstić information content (AvgIpc) is 2.96. The maximum absolute atomic E-state index is 12.6. The number of hydrogen-bond donors (Lipinski definition) is 1. The molecule has 1 N–H and O–H groups in total. The molecule has 1 amide bonds. The lowest BCUT2D eigenvalue weighted by Crippen LogP contribution is -2.28. The first-order valence-corrected chi connectivity index (χ1v) is 7.70. The van der Waals surface area contributed by atoms with Crippen molar-refractivity contribution >= 4 is 16.7 Å². The molecule has 1 fully saturated rings. The summed E-state index contributed by atoms with van der Waals surface area (Å²) in [6, 6.07) is 11.2. The van der Waals surface area contributed by atoms with Gasteiger partial charge in [-0.25, -0.2) is 0 Å². The fourth-order valence-electron chi connectivity index (χ4n) is 3.26. The van der Waals surface area contributed by atoms with Crippen LogP contribution in [0.25, 0.3) is 10.8 Å². The molecular formula is C18H21NO2. The summed E-state index contributed by atoms with van der Waals surface area (Å²) in [5, 5.41) is 12.1. The van der Waals surface area contributed by atoms with Crippen molar-refractivity contribution in [1.82, 2.24) is 4.90 Å². The number of likely N-dealkylation sites (tertiary alicyclic amines) is 1. The van der Waals surface area contributed by atoms with E-state index in [9.17, 15) is 9.90 Å². The zero-order valence-corrected chi connectivity index (χ0v) is 12.4. The van der Waals surface area contributed by atoms with Gasteiger partial charge in [-0.3, -0.25) is 4.79 Å². The highest BCUT2D eigenvalue weighted by atomic mass is 16.3. The van der Waals surface area contributed by atoms with Gasteiger partial charge in [0.15, 0.2) is 0 Å². The topological polar surface area (TPSA) is 40.5 Å². The van der Waals surface area contributed by atoms with E-state index in [2.05, 4.69) is 6.92 Å². The largest absolute Gasteiger partial charge is 0.506 e. The molecule has 1 aliphatic heterocycles. The SMILES string of the molecule is CCCC1CCN(C(=O)c2ccc3ccccc3c2O)C1. The summed E-state index contributed by atoms with van der Waals surface area (Å²) in [6.45, 7) is 3.80. The van der Waals surface area contributed by atoms with Crippen LogP contribution in [0.3, 0.4) is 0 Å². The minimum atomic E-state index is -0.0446. The smallest absolute Gasteiger partial charge is 0.257 e. The second-order valence-electron chi connectivity index (χ2n) is 5.88. The van der Waals surface area contributed by atoms with E-state index in [1.165, 1.54) is 6.42 Å². The van der Waals surface area contributed by atoms with Gasteiger partial charge in [-0.05, 0) is 30.2 Å². The fraction of sp³-hybridized carbons (Fsp3) is 0.389. The summed E-state index contributed by atoms with van der Waals surface area (Å²) in [4.78, 5) is 14.5. The summed E-state index contributed by atoms with van der Waals surface area (Å²) in [5.74, 6) is 0.676. The van der Waals surface area contributed by atoms with Crippen molar-refractivity contribution in [2.24, 2.45) is 5.92 Å². The third-order valence-electron chi connectivity index (χ3n) is 4.40. The highest BCUT2D eigenvalue weighted by Gasteiger charge is 2.28. The third kappa shape index (κ3) is 2.60. The predicted molar refractivity (Wildman–Crippen MR) is 84.5 cm³/mol. The van der Waals surface area contributed by atoms with Gasteiger partial charge in [0.25, 0.3) is 5.91 Å². The van der Waals surface area contributed by atoms with Gasteiger partial charge >= 0.3 is 0 Å². The lowest BCUT2D eigenvalue weighted by Gasteiger charge is -2.18. The van der Waals surface area contributed by atoms with Crippen LogP contribution >= 0.6 is 0 Å². The zero-order chi connectivity index (χ0) is 14.8. The van der Waals surface area contributed by atoms with Crippen LogP contribution in [-0.4, -0.2) is 29.0 Å². The number of hydrogen-bond acceptors (Lipinski definition) is 2. The van der Waals surface area contributed by atoms with E-state index < -0.39 is 0 Å². The van der Waals surface area contributed by atoms with Gasteiger partial charge in [0, 0.05) is 18.5 Å². The van der Waals surface area contributed by atoms with Crippen LogP contribution in [0.5, 0.6) is 5.75 Å². The van der Waals surface area contributed by atoms with Gasteiger partial charge in [-0.2, -0.15) is 0 Å². The van der Waals surface area contributed by atoms with Crippen molar-refractivity contribution in [3.05, 3.63) is 42.0 Å². The maximum atomic E-state index is 12.6. The van der Waals surface area contributed by atoms with Gasteiger partial charge in [0.1, 0.15) is 5.75 Å². The minimum absolute atomic E-state index is 0.0446. The molecule has 0 radical (unpaired) electrons. The minimum Gasteiger partial charge on any atom is -0.506 e. The Morgan fingerprint density at radius 1 is 1.29 bits per heavy atom. The van der Waals surface area contributed by atoms with Crippen LogP contribution < -0.4 is 0 Å². The highest BCUT2D eigenvalue weighted by Crippen LogP contribution is 2.31. The number of aromatic hydroxyl groups is 1. The summed E-state index contributed by atoms with van der Waals surface area (Å²) < 4.78 is 0. The molecule has 0 aromatic heterocycles. The van der Waals surface area contributed by atoms with Crippen molar-refractivity contribution < 1.29 is 9.90 Å². The highest BCUT2D eigenvalue weighted by molar-refractivity contribution is 6.03. The van der Waals surface area contributed by atoms with E-state index in [1.807, 2.05) is 35.2 Å². The predicted octanol–water partition coefficient (Wildman–Crippen LogP) is 3.81. The third-order valence-corrected chi connectivity index (χ3v) is 4.40. The second-order valence-corrected chi connectivity index (χ2v) is 5.88. The molecule has 1 saturated heterocycles. The van der Waals surface area contributed by atoms with Gasteiger partial charge in [-0.15, -0.1) is 0 Å². The second kappa shape index (κ2) is 5.76. The number of rotatable bonds is 3. The first kappa shape index (κ1) is 13.9. The Hall–Kier alpha value is -2.03. The van der Waals surface area contributed by atoms with Crippen LogP contribution in [0.15, 0.2) is 36.4 Å². The Morgan fingerprint density at radius 2 is 2.10 bits per heavy atom. The van der Waals surface area contributed by atoms with Crippen molar-refractivity contribution in [2.75, 3.05) is 13.1 Å². The summed E-state index contributed by atoms with van der Waals surface area (Å²) in [5.41, 5.74) is 0.422. The Balaban J connectivity index is 1.87. The number of phenols is 1. The van der Waals surface area contributed by atoms with Crippen molar-refractivity contribution in [3.8, 4) is 5.75 Å². The molecule has 2 aromatic rings. The molecule has 0 saturated carbocycles. The Labute approximate surface area is 125 Å². The van der Waals surface area contributed by atoms with Gasteiger partial charge in [-0.1, -0.05) is 43.7 Å². The molecule has 3 heteroatoms. The fourth-order valence-corrected chi connectivity index (χ4v) is 3.26. The molecule has 110 valence electrons. The number of carbonyl (C=O) groups is 1. The first-order chi connectivity index (χ1) is 10.2. The van der Waals surface area contributed by atoms with Crippen molar-refractivity contribution in [2.45, 2.75) is 26.2 Å². The maximum Gasteiger partial charge on any atom is 0.257 e. The van der Waals surface area contributed by atoms with E-state index in [-0.39, 0.29) is 11.7 Å². The normalized spacial score (nSPS) is 18.3. The van der Waals surface area contributed by atoms with Crippen LogP contribution in [0.1, 0.15) is 36.5 Å². The van der Waals surface area contributed by atoms with Crippen LogP contribution in [0.4, 0.5) is 0 Å². The van der Waals surface area contributed by atoms with Crippen LogP contribution in [0.2, 0.25) is 0 Å². The lowest BCUT2D eigenvalue weighted by molar-refractivity contribution is 0.0784. The lowest BCUT2D eigenvalue weighted by atomic mass is 10.0. The summed E-state index contributed by atoms with van der Waals surface area (Å²) in [6.07, 6.45) is 3.41. The van der Waals surface area contributed by atoms with Gasteiger partial charge in [0.05, 0.1) is 5.56 Å². The van der Waals surface area contributed by atoms with Crippen molar-refractivity contribution in [3.63, 3.8) is 0 Å². The molecule has 1 heterocycles. The van der Waals surface area contributed by atoms with Crippen molar-refractivity contribution in [1.29, 1.82) is 0 Å². The number of nitrogens with zero attached hydrogens (tertiary/aromatic N) is 1. The molecule has 3 rings (SSSR count). The molecule has 1 aliphatic rings. The number of fused-ring (bicyclic) bond motifs is 1. The molecule has 1 unspecified atom stereocenters. The molecule has 21 heavy (non-hydrogen) atoms. The number of carbonyl (C=O) groups excluding carboxylic acids is 1. The molecule has 1 atom stereocenters. The number of benzene rings is 2. The molecular weight excluding hydrogens is 262 g/mol. The average molecular weight is 283 g/mol. The van der Waals surface area contributed by atoms with Gasteiger partial charge in [0.2, 0.25) is 0 Å². The number of phenolic OH excluding ortho intramolecular Hbond substituents is 1. The number of amides is 1. The first-order valence-electron chi connectivity index (χ1n) is 7.70. The Morgan fingerprint density at radius 3 is 2.90 bits per heavy atom. The van der Waals surface area contributed by atoms with E-state index in [4.69, 9.17) is 0 Å². The quantitative estimate of drug-likeness (QED) is 0.930. The van der Waals surface area contributed by atoms with E-state index >= 15 is 0 Å². The zero-order valence-electron chi connectivity index (χ0n) is 12.4. The van der Waals surface area contributed by atoms with Gasteiger partial charge < -0.3 is 10.0 Å². The molecule has 0 bridgehead atoms. The molecule has 0 aliphatic carbocycles. The van der Waals surface area contributed by atoms with E-state index in [0.717, 1.165) is 36.7 Å². The molecule has 3 nitrogen and oxygen atoms in total. The van der Waals surface area contributed by atoms with Crippen LogP contribution in [0, 0.1) is 5.92 Å². The van der Waals surface area contributed by atoms with Crippen LogP contribution in [-0.2, 0) is 0 Å². The van der Waals surface area contributed by atoms with E-state index in [1.54, 1.807) is 6.07 Å². The Kier molecular flexibility index (Phi) is 3.82. The monoisotopic (exact) mass is 283 g/mol. The summed E-state index contributed by atoms with van der Waals surface area (Å²) >= 11 is 0. The van der Waals surface area contributed by atoms with E-state index in [0.29, 0.717) is 11.5 Å².